The van der Waals surface area contributed by atoms with Gasteiger partial charge in [0, 0.05) is 24.6 Å². The highest BCUT2D eigenvalue weighted by Crippen LogP contribution is 2.24. The summed E-state index contributed by atoms with van der Waals surface area (Å²) in [6.07, 6.45) is 1.39. The zero-order valence-electron chi connectivity index (χ0n) is 11.3. The Hall–Kier alpha value is -1.95. The van der Waals surface area contributed by atoms with E-state index in [4.69, 9.17) is 20.4 Å². The Morgan fingerprint density at radius 2 is 2.16 bits per heavy atom. The zero-order chi connectivity index (χ0) is 14.1. The van der Waals surface area contributed by atoms with Gasteiger partial charge in [-0.2, -0.15) is 0 Å². The summed E-state index contributed by atoms with van der Waals surface area (Å²) in [5.41, 5.74) is 6.44. The number of nitrogens with two attached hydrogens (primary N) is 1. The summed E-state index contributed by atoms with van der Waals surface area (Å²) in [5, 5.41) is 14.6. The minimum Gasteiger partial charge on any atom is -0.497 e. The monoisotopic (exact) mass is 267 g/mol. The molecule has 19 heavy (non-hydrogen) atoms. The van der Waals surface area contributed by atoms with Crippen LogP contribution in [0.5, 0.6) is 11.5 Å². The molecule has 0 saturated heterocycles. The van der Waals surface area contributed by atoms with E-state index < -0.39 is 0 Å². The largest absolute Gasteiger partial charge is 0.497 e. The highest BCUT2D eigenvalue weighted by Gasteiger charge is 2.04. The van der Waals surface area contributed by atoms with E-state index in [0.29, 0.717) is 13.0 Å². The van der Waals surface area contributed by atoms with Crippen molar-refractivity contribution in [3.8, 4) is 11.5 Å². The molecule has 0 unspecified atom stereocenters. The van der Waals surface area contributed by atoms with Gasteiger partial charge in [0.05, 0.1) is 14.2 Å². The number of benzene rings is 1. The summed E-state index contributed by atoms with van der Waals surface area (Å²) in [4.78, 5) is 0. The van der Waals surface area contributed by atoms with Crippen LogP contribution in [0.25, 0.3) is 0 Å². The van der Waals surface area contributed by atoms with Gasteiger partial charge in [-0.15, -0.1) is 0 Å². The summed E-state index contributed by atoms with van der Waals surface area (Å²) >= 11 is 0. The van der Waals surface area contributed by atoms with Crippen LogP contribution in [-0.4, -0.2) is 31.8 Å². The van der Waals surface area contributed by atoms with Crippen LogP contribution in [-0.2, 0) is 6.54 Å². The maximum absolute atomic E-state index is 8.40. The molecule has 0 aliphatic rings. The van der Waals surface area contributed by atoms with Crippen LogP contribution in [0.2, 0.25) is 0 Å². The van der Waals surface area contributed by atoms with Crippen molar-refractivity contribution >= 4 is 5.84 Å². The standard InChI is InChI=1S/C13H21N3O3/c1-18-11-6-5-10(12(8-11)19-2)9-15-7-3-4-13(14)16-17/h5-6,8,15,17H,3-4,7,9H2,1-2H3,(H2,14,16). The number of methoxy groups -OCH3 is 2. The first-order chi connectivity index (χ1) is 9.21. The Balaban J connectivity index is 2.40. The Morgan fingerprint density at radius 3 is 2.79 bits per heavy atom. The highest BCUT2D eigenvalue weighted by molar-refractivity contribution is 5.79. The predicted octanol–water partition coefficient (Wildman–Crippen LogP) is 1.32. The second-order valence-corrected chi connectivity index (χ2v) is 4.05. The third-order valence-electron chi connectivity index (χ3n) is 2.72. The van der Waals surface area contributed by atoms with Crippen LogP contribution >= 0.6 is 0 Å². The van der Waals surface area contributed by atoms with Gasteiger partial charge in [0.1, 0.15) is 17.3 Å². The zero-order valence-corrected chi connectivity index (χ0v) is 11.3. The van der Waals surface area contributed by atoms with Crippen LogP contribution in [0.4, 0.5) is 0 Å². The number of nitrogens with one attached hydrogen (secondary N) is 1. The molecule has 0 radical (unpaired) electrons. The van der Waals surface area contributed by atoms with Gasteiger partial charge >= 0.3 is 0 Å². The van der Waals surface area contributed by atoms with Crippen LogP contribution in [0.1, 0.15) is 18.4 Å². The van der Waals surface area contributed by atoms with Crippen LogP contribution < -0.4 is 20.5 Å². The summed E-state index contributed by atoms with van der Waals surface area (Å²) in [6, 6.07) is 5.72. The number of rotatable bonds is 8. The van der Waals surface area contributed by atoms with E-state index in [1.54, 1.807) is 14.2 Å². The van der Waals surface area contributed by atoms with Crippen molar-refractivity contribution in [1.82, 2.24) is 5.32 Å². The minimum absolute atomic E-state index is 0.254. The third-order valence-corrected chi connectivity index (χ3v) is 2.72. The Bertz CT molecular complexity index is 422. The van der Waals surface area contributed by atoms with Crippen LogP contribution in [0.15, 0.2) is 23.4 Å². The summed E-state index contributed by atoms with van der Waals surface area (Å²) in [6.45, 7) is 1.48. The van der Waals surface area contributed by atoms with Crippen molar-refractivity contribution in [3.63, 3.8) is 0 Å². The number of hydrogen-bond donors (Lipinski definition) is 3. The SMILES string of the molecule is COc1ccc(CNCCCC(N)=NO)c(OC)c1. The molecular weight excluding hydrogens is 246 g/mol. The Morgan fingerprint density at radius 1 is 1.37 bits per heavy atom. The molecule has 6 heteroatoms. The molecule has 0 amide bonds. The molecule has 0 saturated carbocycles. The smallest absolute Gasteiger partial charge is 0.139 e. The average molecular weight is 267 g/mol. The molecule has 0 heterocycles. The lowest BCUT2D eigenvalue weighted by atomic mass is 10.2. The molecule has 1 aromatic carbocycles. The molecule has 4 N–H and O–H groups in total. The lowest BCUT2D eigenvalue weighted by Crippen LogP contribution is -2.18. The lowest BCUT2D eigenvalue weighted by Gasteiger charge is -2.11. The van der Waals surface area contributed by atoms with Gasteiger partial charge in [0.25, 0.3) is 0 Å². The average Bonchev–Trinajstić information content (AvgIpc) is 2.46. The molecule has 0 bridgehead atoms. The summed E-state index contributed by atoms with van der Waals surface area (Å²) in [5.74, 6) is 1.82. The molecule has 1 aromatic rings. The van der Waals surface area contributed by atoms with Gasteiger partial charge in [0.2, 0.25) is 0 Å². The van der Waals surface area contributed by atoms with Crippen molar-refractivity contribution in [2.45, 2.75) is 19.4 Å². The van der Waals surface area contributed by atoms with Crippen LogP contribution in [0, 0.1) is 0 Å². The number of amidine groups is 1. The van der Waals surface area contributed by atoms with Gasteiger partial charge in [-0.1, -0.05) is 11.2 Å². The van der Waals surface area contributed by atoms with Gasteiger partial charge in [-0.3, -0.25) is 0 Å². The summed E-state index contributed by atoms with van der Waals surface area (Å²) in [7, 11) is 3.26. The highest BCUT2D eigenvalue weighted by atomic mass is 16.5. The van der Waals surface area contributed by atoms with Gasteiger partial charge < -0.3 is 25.7 Å². The van der Waals surface area contributed by atoms with Crippen molar-refractivity contribution in [2.24, 2.45) is 10.9 Å². The molecule has 0 spiro atoms. The molecule has 0 fully saturated rings. The molecule has 6 nitrogen and oxygen atoms in total. The number of oxime groups is 1. The van der Waals surface area contributed by atoms with Crippen molar-refractivity contribution in [1.29, 1.82) is 0 Å². The normalized spacial score (nSPS) is 11.4. The van der Waals surface area contributed by atoms with Crippen LogP contribution in [0.3, 0.4) is 0 Å². The fourth-order valence-electron chi connectivity index (χ4n) is 1.67. The second kappa shape index (κ2) is 8.20. The number of nitrogens with zero attached hydrogens (tertiary/aromatic N) is 1. The van der Waals surface area contributed by atoms with E-state index in [9.17, 15) is 0 Å². The fourth-order valence-corrected chi connectivity index (χ4v) is 1.67. The first-order valence-electron chi connectivity index (χ1n) is 6.09. The topological polar surface area (TPSA) is 89.1 Å². The molecular formula is C13H21N3O3. The van der Waals surface area contributed by atoms with E-state index in [2.05, 4.69) is 10.5 Å². The van der Waals surface area contributed by atoms with E-state index in [-0.39, 0.29) is 5.84 Å². The fraction of sp³-hybridized carbons (Fsp3) is 0.462. The van der Waals surface area contributed by atoms with Gasteiger partial charge in [-0.25, -0.2) is 0 Å². The Labute approximate surface area is 113 Å². The lowest BCUT2D eigenvalue weighted by molar-refractivity contribution is 0.316. The maximum Gasteiger partial charge on any atom is 0.139 e. The summed E-state index contributed by atoms with van der Waals surface area (Å²) < 4.78 is 10.5. The molecule has 0 atom stereocenters. The maximum atomic E-state index is 8.40. The second-order valence-electron chi connectivity index (χ2n) is 4.05. The number of hydrogen-bond acceptors (Lipinski definition) is 5. The molecule has 106 valence electrons. The Kier molecular flexibility index (Phi) is 6.52. The van der Waals surface area contributed by atoms with E-state index in [1.165, 1.54) is 0 Å². The molecule has 0 aromatic heterocycles. The quantitative estimate of drug-likeness (QED) is 0.217. The van der Waals surface area contributed by atoms with E-state index in [1.807, 2.05) is 18.2 Å². The first-order valence-corrected chi connectivity index (χ1v) is 6.09. The van der Waals surface area contributed by atoms with Crippen molar-refractivity contribution in [2.75, 3.05) is 20.8 Å². The molecule has 0 aliphatic carbocycles. The van der Waals surface area contributed by atoms with E-state index >= 15 is 0 Å². The first kappa shape index (κ1) is 15.1. The third kappa shape index (κ3) is 5.05. The van der Waals surface area contributed by atoms with Crippen molar-refractivity contribution in [3.05, 3.63) is 23.8 Å². The minimum atomic E-state index is 0.254. The van der Waals surface area contributed by atoms with Gasteiger partial charge in [-0.05, 0) is 19.0 Å². The van der Waals surface area contributed by atoms with E-state index in [0.717, 1.165) is 30.0 Å². The van der Waals surface area contributed by atoms with Crippen molar-refractivity contribution < 1.29 is 14.7 Å². The number of ether oxygens (including phenoxy) is 2. The molecule has 1 rings (SSSR count). The molecule has 0 aliphatic heterocycles. The predicted molar refractivity (Wildman–Crippen MR) is 73.9 cm³/mol. The van der Waals surface area contributed by atoms with Gasteiger partial charge in [0.15, 0.2) is 0 Å².